The van der Waals surface area contributed by atoms with Gasteiger partial charge in [0.1, 0.15) is 6.10 Å². The molecule has 0 spiro atoms. The number of ether oxygens (including phenoxy) is 1. The summed E-state index contributed by atoms with van der Waals surface area (Å²) in [5, 5.41) is 6.20. The van der Waals surface area contributed by atoms with Crippen LogP contribution in [0.3, 0.4) is 0 Å². The molecule has 25 heavy (non-hydrogen) atoms. The van der Waals surface area contributed by atoms with Crippen molar-refractivity contribution in [2.45, 2.75) is 12.6 Å². The summed E-state index contributed by atoms with van der Waals surface area (Å²) in [6.45, 7) is 0.929. The fraction of sp³-hybridized carbons (Fsp3) is 0.222. The number of carbonyl (C=O) groups excluding carboxylic acids is 2. The molecule has 1 unspecified atom stereocenters. The molecule has 130 valence electrons. The van der Waals surface area contributed by atoms with Crippen molar-refractivity contribution in [3.05, 3.63) is 64.7 Å². The van der Waals surface area contributed by atoms with Crippen LogP contribution in [0.15, 0.2) is 48.5 Å². The second kappa shape index (κ2) is 7.44. The molecule has 1 heterocycles. The van der Waals surface area contributed by atoms with Crippen LogP contribution in [0.4, 0.5) is 15.3 Å². The van der Waals surface area contributed by atoms with Crippen LogP contribution in [0.1, 0.15) is 17.2 Å². The zero-order valence-corrected chi connectivity index (χ0v) is 14.4. The molecule has 1 fully saturated rings. The highest BCUT2D eigenvalue weighted by atomic mass is 35.5. The summed E-state index contributed by atoms with van der Waals surface area (Å²) in [4.78, 5) is 24.9. The van der Waals surface area contributed by atoms with Crippen LogP contribution >= 0.6 is 11.6 Å². The highest BCUT2D eigenvalue weighted by Gasteiger charge is 2.29. The minimum Gasteiger partial charge on any atom is -0.439 e. The molecule has 7 heteroatoms. The van der Waals surface area contributed by atoms with Gasteiger partial charge in [0.2, 0.25) is 0 Å². The number of amides is 3. The second-order valence-corrected chi connectivity index (χ2v) is 6.25. The Kier molecular flexibility index (Phi) is 5.09. The predicted molar refractivity (Wildman–Crippen MR) is 95.6 cm³/mol. The minimum atomic E-state index is -0.325. The minimum absolute atomic E-state index is 0.273. The summed E-state index contributed by atoms with van der Waals surface area (Å²) in [7, 11) is 1.70. The number of likely N-dealkylation sites (N-methyl/N-ethyl adjacent to an activating group) is 1. The molecule has 3 rings (SSSR count). The molecule has 1 aliphatic rings. The first kappa shape index (κ1) is 17.1. The molecule has 2 aromatic carbocycles. The van der Waals surface area contributed by atoms with Gasteiger partial charge in [-0.1, -0.05) is 35.9 Å². The topological polar surface area (TPSA) is 70.7 Å². The Labute approximate surface area is 150 Å². The third-order valence-electron chi connectivity index (χ3n) is 3.90. The number of cyclic esters (lactones) is 1. The van der Waals surface area contributed by atoms with Crippen LogP contribution in [0.5, 0.6) is 0 Å². The number of urea groups is 1. The highest BCUT2D eigenvalue weighted by molar-refractivity contribution is 6.30. The van der Waals surface area contributed by atoms with Crippen LogP contribution in [0, 0.1) is 0 Å². The third-order valence-corrected chi connectivity index (χ3v) is 4.15. The number of halogens is 1. The molecule has 1 saturated heterocycles. The van der Waals surface area contributed by atoms with E-state index in [4.69, 9.17) is 16.3 Å². The van der Waals surface area contributed by atoms with Crippen LogP contribution in [-0.2, 0) is 11.3 Å². The first-order chi connectivity index (χ1) is 12.0. The van der Waals surface area contributed by atoms with Gasteiger partial charge < -0.3 is 20.3 Å². The number of hydrogen-bond acceptors (Lipinski definition) is 3. The molecular formula is C18H18ClN3O3. The van der Waals surface area contributed by atoms with E-state index in [2.05, 4.69) is 10.6 Å². The Morgan fingerprint density at radius 3 is 2.48 bits per heavy atom. The SMILES string of the molecule is CN1CC(c2ccc(NC(=O)NCc3ccc(Cl)cc3)cc2)OC1=O. The van der Waals surface area contributed by atoms with Gasteiger partial charge in [0, 0.05) is 24.3 Å². The van der Waals surface area contributed by atoms with Crippen LogP contribution in [0.25, 0.3) is 0 Å². The van der Waals surface area contributed by atoms with Crippen molar-refractivity contribution in [2.24, 2.45) is 0 Å². The molecule has 2 aromatic rings. The monoisotopic (exact) mass is 359 g/mol. The molecule has 0 bridgehead atoms. The molecule has 2 N–H and O–H groups in total. The highest BCUT2D eigenvalue weighted by Crippen LogP contribution is 2.26. The average Bonchev–Trinajstić information content (AvgIpc) is 2.94. The summed E-state index contributed by atoms with van der Waals surface area (Å²) in [5.41, 5.74) is 2.52. The summed E-state index contributed by atoms with van der Waals surface area (Å²) < 4.78 is 5.25. The lowest BCUT2D eigenvalue weighted by Crippen LogP contribution is -2.28. The molecule has 0 saturated carbocycles. The van der Waals surface area contributed by atoms with E-state index < -0.39 is 0 Å². The van der Waals surface area contributed by atoms with Crippen molar-refractivity contribution in [1.29, 1.82) is 0 Å². The molecule has 0 radical (unpaired) electrons. The van der Waals surface area contributed by atoms with E-state index in [1.807, 2.05) is 24.3 Å². The van der Waals surface area contributed by atoms with Crippen molar-refractivity contribution in [3.63, 3.8) is 0 Å². The van der Waals surface area contributed by atoms with Crippen molar-refractivity contribution in [1.82, 2.24) is 10.2 Å². The first-order valence-electron chi connectivity index (χ1n) is 7.82. The summed E-state index contributed by atoms with van der Waals surface area (Å²) in [5.74, 6) is 0. The van der Waals surface area contributed by atoms with Crippen LogP contribution in [-0.4, -0.2) is 30.6 Å². The molecule has 1 aliphatic heterocycles. The molecular weight excluding hydrogens is 342 g/mol. The zero-order valence-electron chi connectivity index (χ0n) is 13.7. The molecule has 0 aromatic heterocycles. The normalized spacial score (nSPS) is 16.5. The number of rotatable bonds is 4. The van der Waals surface area contributed by atoms with E-state index >= 15 is 0 Å². The second-order valence-electron chi connectivity index (χ2n) is 5.81. The van der Waals surface area contributed by atoms with E-state index in [0.717, 1.165) is 11.1 Å². The van der Waals surface area contributed by atoms with Gasteiger partial charge in [-0.2, -0.15) is 0 Å². The van der Waals surface area contributed by atoms with E-state index in [-0.39, 0.29) is 18.2 Å². The van der Waals surface area contributed by atoms with Crippen molar-refractivity contribution >= 4 is 29.4 Å². The van der Waals surface area contributed by atoms with Gasteiger partial charge in [-0.05, 0) is 35.4 Å². The quantitative estimate of drug-likeness (QED) is 0.872. The van der Waals surface area contributed by atoms with E-state index in [0.29, 0.717) is 23.8 Å². The zero-order chi connectivity index (χ0) is 17.8. The molecule has 1 atom stereocenters. The Balaban J connectivity index is 1.51. The summed E-state index contributed by atoms with van der Waals surface area (Å²) in [6.07, 6.45) is -0.598. The number of hydrogen-bond donors (Lipinski definition) is 2. The standard InChI is InChI=1S/C18H18ClN3O3/c1-22-11-16(25-18(22)24)13-4-8-15(9-5-13)21-17(23)20-10-12-2-6-14(19)7-3-12/h2-9,16H,10-11H2,1H3,(H2,20,21,23). The van der Waals surface area contributed by atoms with Gasteiger partial charge in [0.25, 0.3) is 0 Å². The Morgan fingerprint density at radius 1 is 1.20 bits per heavy atom. The smallest absolute Gasteiger partial charge is 0.410 e. The largest absolute Gasteiger partial charge is 0.439 e. The fourth-order valence-electron chi connectivity index (χ4n) is 2.49. The van der Waals surface area contributed by atoms with Gasteiger partial charge in [-0.25, -0.2) is 9.59 Å². The van der Waals surface area contributed by atoms with E-state index in [9.17, 15) is 9.59 Å². The summed E-state index contributed by atoms with van der Waals surface area (Å²) >= 11 is 5.83. The molecule has 0 aliphatic carbocycles. The lowest BCUT2D eigenvalue weighted by atomic mass is 10.1. The number of anilines is 1. The van der Waals surface area contributed by atoms with E-state index in [1.54, 1.807) is 31.3 Å². The van der Waals surface area contributed by atoms with Crippen LogP contribution in [0.2, 0.25) is 5.02 Å². The average molecular weight is 360 g/mol. The maximum absolute atomic E-state index is 12.0. The maximum Gasteiger partial charge on any atom is 0.410 e. The number of nitrogens with zero attached hydrogens (tertiary/aromatic N) is 1. The lowest BCUT2D eigenvalue weighted by molar-refractivity contribution is 0.135. The van der Waals surface area contributed by atoms with Crippen molar-refractivity contribution in [3.8, 4) is 0 Å². The Bertz CT molecular complexity index is 762. The first-order valence-corrected chi connectivity index (χ1v) is 8.20. The van der Waals surface area contributed by atoms with E-state index in [1.165, 1.54) is 4.90 Å². The maximum atomic E-state index is 12.0. The summed E-state index contributed by atoms with van der Waals surface area (Å²) in [6, 6.07) is 14.2. The number of benzene rings is 2. The van der Waals surface area contributed by atoms with Crippen molar-refractivity contribution < 1.29 is 14.3 Å². The predicted octanol–water partition coefficient (Wildman–Crippen LogP) is 3.78. The fourth-order valence-corrected chi connectivity index (χ4v) is 2.61. The van der Waals surface area contributed by atoms with Crippen LogP contribution < -0.4 is 10.6 Å². The van der Waals surface area contributed by atoms with Gasteiger partial charge in [-0.15, -0.1) is 0 Å². The van der Waals surface area contributed by atoms with Crippen molar-refractivity contribution in [2.75, 3.05) is 18.9 Å². The lowest BCUT2D eigenvalue weighted by Gasteiger charge is -2.11. The Morgan fingerprint density at radius 2 is 1.88 bits per heavy atom. The van der Waals surface area contributed by atoms with Gasteiger partial charge in [0.05, 0.1) is 6.54 Å². The van der Waals surface area contributed by atoms with Gasteiger partial charge in [-0.3, -0.25) is 0 Å². The Hall–Kier alpha value is -2.73. The van der Waals surface area contributed by atoms with Gasteiger partial charge >= 0.3 is 12.1 Å². The third kappa shape index (κ3) is 4.42. The molecule has 6 nitrogen and oxygen atoms in total. The number of nitrogens with one attached hydrogen (secondary N) is 2. The molecule has 3 amide bonds. The van der Waals surface area contributed by atoms with Gasteiger partial charge in [0.15, 0.2) is 0 Å². The number of carbonyl (C=O) groups is 2.